The first-order valence-corrected chi connectivity index (χ1v) is 7.11. The van der Waals surface area contributed by atoms with Gasteiger partial charge in [0.15, 0.2) is 0 Å². The maximum Gasteiger partial charge on any atom is 0.251 e. The summed E-state index contributed by atoms with van der Waals surface area (Å²) in [5, 5.41) is 12.7. The third-order valence-corrected chi connectivity index (χ3v) is 3.69. The summed E-state index contributed by atoms with van der Waals surface area (Å²) in [7, 11) is 0. The van der Waals surface area contributed by atoms with Gasteiger partial charge in [-0.1, -0.05) is 0 Å². The summed E-state index contributed by atoms with van der Waals surface area (Å²) < 4.78 is 0. The summed E-state index contributed by atoms with van der Waals surface area (Å²) in [5.41, 5.74) is 4.10. The highest BCUT2D eigenvalue weighted by Crippen LogP contribution is 2.22. The van der Waals surface area contributed by atoms with Crippen LogP contribution in [0.1, 0.15) is 40.9 Å². The molecule has 20 heavy (non-hydrogen) atoms. The molecule has 4 heteroatoms. The Hall–Kier alpha value is -1.81. The van der Waals surface area contributed by atoms with E-state index in [0.717, 1.165) is 35.9 Å². The van der Waals surface area contributed by atoms with Gasteiger partial charge >= 0.3 is 0 Å². The third-order valence-electron chi connectivity index (χ3n) is 3.69. The van der Waals surface area contributed by atoms with Crippen molar-refractivity contribution in [2.45, 2.75) is 33.1 Å². The van der Waals surface area contributed by atoms with E-state index in [1.807, 2.05) is 25.1 Å². The zero-order valence-electron chi connectivity index (χ0n) is 12.1. The average molecular weight is 274 g/mol. The van der Waals surface area contributed by atoms with E-state index in [1.165, 1.54) is 5.56 Å². The molecule has 1 amide bonds. The van der Waals surface area contributed by atoms with Crippen LogP contribution < -0.4 is 5.32 Å². The molecule has 0 spiro atoms. The Balaban J connectivity index is 2.01. The molecule has 0 aliphatic heterocycles. The fourth-order valence-corrected chi connectivity index (χ4v) is 2.32. The second kappa shape index (κ2) is 6.57. The second-order valence-electron chi connectivity index (χ2n) is 5.18. The minimum absolute atomic E-state index is 0.0332. The third kappa shape index (κ3) is 3.20. The lowest BCUT2D eigenvalue weighted by Gasteiger charge is -2.05. The van der Waals surface area contributed by atoms with Crippen LogP contribution in [0.3, 0.4) is 0 Å². The van der Waals surface area contributed by atoms with E-state index in [2.05, 4.69) is 17.2 Å². The van der Waals surface area contributed by atoms with Crippen molar-refractivity contribution in [1.82, 2.24) is 10.3 Å². The number of unbranched alkanes of at least 4 members (excludes halogenated alkanes) is 2. The first-order valence-electron chi connectivity index (χ1n) is 7.11. The zero-order chi connectivity index (χ0) is 14.5. The lowest BCUT2D eigenvalue weighted by molar-refractivity contribution is 0.0953. The van der Waals surface area contributed by atoms with Crippen LogP contribution in [0.2, 0.25) is 0 Å². The molecular formula is C16H22N2O2. The first kappa shape index (κ1) is 14.6. The van der Waals surface area contributed by atoms with Gasteiger partial charge in [0.1, 0.15) is 0 Å². The quantitative estimate of drug-likeness (QED) is 0.709. The highest BCUT2D eigenvalue weighted by Gasteiger charge is 2.09. The van der Waals surface area contributed by atoms with Crippen molar-refractivity contribution in [3.63, 3.8) is 0 Å². The molecule has 2 aromatic rings. The van der Waals surface area contributed by atoms with Gasteiger partial charge in [-0.2, -0.15) is 0 Å². The van der Waals surface area contributed by atoms with Crippen molar-refractivity contribution < 1.29 is 9.90 Å². The molecule has 2 rings (SSSR count). The highest BCUT2D eigenvalue weighted by atomic mass is 16.2. The number of carbonyl (C=O) groups is 1. The van der Waals surface area contributed by atoms with E-state index in [9.17, 15) is 4.79 Å². The number of carbonyl (C=O) groups excluding carboxylic acids is 1. The monoisotopic (exact) mass is 274 g/mol. The van der Waals surface area contributed by atoms with Crippen LogP contribution in [-0.2, 0) is 0 Å². The van der Waals surface area contributed by atoms with Gasteiger partial charge < -0.3 is 15.4 Å². The molecule has 0 unspecified atom stereocenters. The average Bonchev–Trinajstić information content (AvgIpc) is 2.73. The van der Waals surface area contributed by atoms with E-state index in [1.54, 1.807) is 0 Å². The number of hydrogen-bond acceptors (Lipinski definition) is 2. The van der Waals surface area contributed by atoms with Gasteiger partial charge in [-0.15, -0.1) is 0 Å². The predicted molar refractivity (Wildman–Crippen MR) is 81.0 cm³/mol. The Labute approximate surface area is 119 Å². The number of aliphatic hydroxyl groups is 1. The number of hydrogen-bond donors (Lipinski definition) is 3. The number of aromatic nitrogens is 1. The van der Waals surface area contributed by atoms with E-state index in [4.69, 9.17) is 5.11 Å². The normalized spacial score (nSPS) is 10.9. The van der Waals surface area contributed by atoms with Crippen LogP contribution in [0.15, 0.2) is 18.2 Å². The predicted octanol–water partition coefficient (Wildman–Crippen LogP) is 2.68. The molecule has 3 N–H and O–H groups in total. The molecule has 0 fully saturated rings. The summed E-state index contributed by atoms with van der Waals surface area (Å²) in [6.07, 6.45) is 2.63. The number of rotatable bonds is 6. The van der Waals surface area contributed by atoms with Crippen LogP contribution >= 0.6 is 0 Å². The molecule has 1 heterocycles. The smallest absolute Gasteiger partial charge is 0.251 e. The fraction of sp³-hybridized carbons (Fsp3) is 0.438. The lowest BCUT2D eigenvalue weighted by Crippen LogP contribution is -2.24. The second-order valence-corrected chi connectivity index (χ2v) is 5.18. The van der Waals surface area contributed by atoms with Crippen LogP contribution in [-0.4, -0.2) is 29.1 Å². The van der Waals surface area contributed by atoms with Crippen LogP contribution in [0.25, 0.3) is 10.9 Å². The lowest BCUT2D eigenvalue weighted by atomic mass is 10.1. The molecule has 0 aliphatic rings. The van der Waals surface area contributed by atoms with E-state index >= 15 is 0 Å². The zero-order valence-corrected chi connectivity index (χ0v) is 12.1. The number of aryl methyl sites for hydroxylation is 2. The van der Waals surface area contributed by atoms with Crippen LogP contribution in [0.5, 0.6) is 0 Å². The van der Waals surface area contributed by atoms with Crippen molar-refractivity contribution in [2.75, 3.05) is 13.2 Å². The van der Waals surface area contributed by atoms with Crippen molar-refractivity contribution in [3.8, 4) is 0 Å². The fourth-order valence-electron chi connectivity index (χ4n) is 2.32. The molecule has 0 saturated carbocycles. The molecule has 108 valence electrons. The van der Waals surface area contributed by atoms with Crippen molar-refractivity contribution >= 4 is 16.8 Å². The Morgan fingerprint density at radius 2 is 2.05 bits per heavy atom. The SMILES string of the molecule is Cc1[nH]c2ccc(C(=O)NCCCCCO)cc2c1C. The molecule has 0 radical (unpaired) electrons. The topological polar surface area (TPSA) is 65.1 Å². The molecule has 0 saturated heterocycles. The molecule has 0 aliphatic carbocycles. The van der Waals surface area contributed by atoms with E-state index in [0.29, 0.717) is 12.1 Å². The molecule has 4 nitrogen and oxygen atoms in total. The largest absolute Gasteiger partial charge is 0.396 e. The molecule has 0 atom stereocenters. The summed E-state index contributed by atoms with van der Waals surface area (Å²) in [6, 6.07) is 5.74. The maximum atomic E-state index is 12.1. The van der Waals surface area contributed by atoms with Gasteiger partial charge in [-0.05, 0) is 56.9 Å². The Bertz CT molecular complexity index is 602. The summed E-state index contributed by atoms with van der Waals surface area (Å²) in [4.78, 5) is 15.4. The van der Waals surface area contributed by atoms with Gasteiger partial charge in [0.05, 0.1) is 0 Å². The minimum atomic E-state index is -0.0332. The number of nitrogens with one attached hydrogen (secondary N) is 2. The molecule has 0 bridgehead atoms. The molecule has 1 aromatic carbocycles. The Morgan fingerprint density at radius 1 is 1.25 bits per heavy atom. The van der Waals surface area contributed by atoms with E-state index < -0.39 is 0 Å². The van der Waals surface area contributed by atoms with Gasteiger partial charge in [0.25, 0.3) is 5.91 Å². The van der Waals surface area contributed by atoms with Gasteiger partial charge in [0.2, 0.25) is 0 Å². The standard InChI is InChI=1S/C16H22N2O2/c1-11-12(2)18-15-7-6-13(10-14(11)15)16(20)17-8-4-3-5-9-19/h6-7,10,18-19H,3-5,8-9H2,1-2H3,(H,17,20). The summed E-state index contributed by atoms with van der Waals surface area (Å²) in [5.74, 6) is -0.0332. The van der Waals surface area contributed by atoms with Crippen LogP contribution in [0.4, 0.5) is 0 Å². The van der Waals surface area contributed by atoms with Gasteiger partial charge in [0, 0.05) is 35.3 Å². The Morgan fingerprint density at radius 3 is 2.80 bits per heavy atom. The first-order chi connectivity index (χ1) is 9.63. The van der Waals surface area contributed by atoms with Crippen molar-refractivity contribution in [3.05, 3.63) is 35.0 Å². The van der Waals surface area contributed by atoms with Gasteiger partial charge in [-0.25, -0.2) is 0 Å². The van der Waals surface area contributed by atoms with E-state index in [-0.39, 0.29) is 12.5 Å². The summed E-state index contributed by atoms with van der Waals surface area (Å²) >= 11 is 0. The molecular weight excluding hydrogens is 252 g/mol. The maximum absolute atomic E-state index is 12.1. The van der Waals surface area contributed by atoms with Crippen LogP contribution in [0, 0.1) is 13.8 Å². The number of aromatic amines is 1. The highest BCUT2D eigenvalue weighted by molar-refractivity contribution is 5.99. The van der Waals surface area contributed by atoms with Crippen molar-refractivity contribution in [2.24, 2.45) is 0 Å². The minimum Gasteiger partial charge on any atom is -0.396 e. The molecule has 1 aromatic heterocycles. The Kier molecular flexibility index (Phi) is 4.79. The number of benzene rings is 1. The number of amides is 1. The summed E-state index contributed by atoms with van der Waals surface area (Å²) in [6.45, 7) is 4.97. The number of fused-ring (bicyclic) bond motifs is 1. The number of aliphatic hydroxyl groups excluding tert-OH is 1. The number of H-pyrrole nitrogens is 1. The van der Waals surface area contributed by atoms with Crippen molar-refractivity contribution in [1.29, 1.82) is 0 Å². The van der Waals surface area contributed by atoms with Gasteiger partial charge in [-0.3, -0.25) is 4.79 Å².